The van der Waals surface area contributed by atoms with E-state index in [1.54, 1.807) is 40.0 Å². The molecule has 0 bridgehead atoms. The lowest BCUT2D eigenvalue weighted by Crippen LogP contribution is -2.39. The molecule has 0 saturated carbocycles. The van der Waals surface area contributed by atoms with Crippen molar-refractivity contribution in [2.24, 2.45) is 5.92 Å². The Balaban J connectivity index is 1.34. The Hall–Kier alpha value is -4.49. The number of aromatic nitrogens is 5. The number of aromatic amines is 1. The normalized spacial score (nSPS) is 14.8. The molecule has 13 nitrogen and oxygen atoms in total. The molecule has 1 unspecified atom stereocenters. The van der Waals surface area contributed by atoms with Gasteiger partial charge in [0.15, 0.2) is 0 Å². The van der Waals surface area contributed by atoms with Crippen molar-refractivity contribution in [3.63, 3.8) is 0 Å². The first-order valence-corrected chi connectivity index (χ1v) is 13.0. The largest absolute Gasteiger partial charge is 0.493 e. The van der Waals surface area contributed by atoms with E-state index < -0.39 is 42.6 Å². The number of carboxylic acid groups (broad SMARTS) is 2. The Bertz CT molecular complexity index is 1410. The number of hydrogen-bond donors (Lipinski definition) is 4. The summed E-state index contributed by atoms with van der Waals surface area (Å²) < 4.78 is 14.6. The van der Waals surface area contributed by atoms with Crippen LogP contribution in [0.25, 0.3) is 5.69 Å². The van der Waals surface area contributed by atoms with Gasteiger partial charge in [-0.25, -0.2) is 18.8 Å². The highest BCUT2D eigenvalue weighted by molar-refractivity contribution is 5.94. The zero-order valence-electron chi connectivity index (χ0n) is 21.7. The standard InChI is InChI=1S/C26H31FN6O7/c27-11-1-2-18-15-32(30-29-18)19-5-3-17(4-6-19)23(36)31-12-9-16(10-13-31)14-20-24(37)33(26(40)28-20)21(25(38)39)7-8-22(34)35/h3-6,15-16,21,37H,1-2,7-14H2,(H,28,40)(H,34,35)(H,38,39). The summed E-state index contributed by atoms with van der Waals surface area (Å²) in [5.74, 6) is -3.23. The highest BCUT2D eigenvalue weighted by Crippen LogP contribution is 2.28. The molecule has 14 heteroatoms. The van der Waals surface area contributed by atoms with Gasteiger partial charge >= 0.3 is 17.6 Å². The van der Waals surface area contributed by atoms with Gasteiger partial charge in [-0.3, -0.25) is 14.0 Å². The van der Waals surface area contributed by atoms with E-state index in [0.29, 0.717) is 54.6 Å². The summed E-state index contributed by atoms with van der Waals surface area (Å²) in [5.41, 5.74) is 1.30. The molecule has 1 fully saturated rings. The predicted molar refractivity (Wildman–Crippen MR) is 138 cm³/mol. The smallest absolute Gasteiger partial charge is 0.329 e. The van der Waals surface area contributed by atoms with E-state index in [4.69, 9.17) is 5.11 Å². The number of alkyl halides is 1. The van der Waals surface area contributed by atoms with Crippen LogP contribution in [-0.2, 0) is 22.4 Å². The van der Waals surface area contributed by atoms with Crippen LogP contribution in [0.15, 0.2) is 35.3 Å². The maximum Gasteiger partial charge on any atom is 0.329 e. The van der Waals surface area contributed by atoms with Gasteiger partial charge in [0, 0.05) is 25.1 Å². The van der Waals surface area contributed by atoms with Crippen LogP contribution >= 0.6 is 0 Å². The molecule has 40 heavy (non-hydrogen) atoms. The Labute approximate surface area is 227 Å². The molecule has 1 aliphatic heterocycles. The average Bonchev–Trinajstić information content (AvgIpc) is 3.52. The van der Waals surface area contributed by atoms with Crippen LogP contribution in [0.2, 0.25) is 0 Å². The molecule has 4 N–H and O–H groups in total. The number of carboxylic acids is 2. The molecule has 0 aliphatic carbocycles. The number of piperidine rings is 1. The van der Waals surface area contributed by atoms with Crippen LogP contribution < -0.4 is 5.69 Å². The molecule has 2 aromatic heterocycles. The first kappa shape index (κ1) is 28.5. The Kier molecular flexibility index (Phi) is 8.97. The number of carbonyl (C=O) groups is 3. The summed E-state index contributed by atoms with van der Waals surface area (Å²) in [7, 11) is 0. The molecular weight excluding hydrogens is 527 g/mol. The van der Waals surface area contributed by atoms with Gasteiger partial charge in [-0.1, -0.05) is 5.21 Å². The summed E-state index contributed by atoms with van der Waals surface area (Å²) in [6.07, 6.45) is 3.29. The zero-order chi connectivity index (χ0) is 28.8. The first-order chi connectivity index (χ1) is 19.2. The van der Waals surface area contributed by atoms with E-state index in [9.17, 15) is 33.8 Å². The Morgan fingerprint density at radius 3 is 2.45 bits per heavy atom. The molecule has 1 aliphatic rings. The van der Waals surface area contributed by atoms with Crippen molar-refractivity contribution in [2.45, 2.75) is 51.0 Å². The van der Waals surface area contributed by atoms with Gasteiger partial charge in [-0.05, 0) is 68.7 Å². The number of H-pyrrole nitrogens is 1. The number of carbonyl (C=O) groups excluding carboxylic acids is 1. The number of halogens is 1. The number of aromatic hydroxyl groups is 1. The number of aliphatic carboxylic acids is 2. The second-order valence-electron chi connectivity index (χ2n) is 9.82. The van der Waals surface area contributed by atoms with E-state index >= 15 is 0 Å². The average molecular weight is 559 g/mol. The molecule has 1 aromatic carbocycles. The molecule has 0 spiro atoms. The van der Waals surface area contributed by atoms with Crippen molar-refractivity contribution >= 4 is 17.8 Å². The number of likely N-dealkylation sites (tertiary alicyclic amines) is 1. The third-order valence-corrected chi connectivity index (χ3v) is 7.08. The Morgan fingerprint density at radius 1 is 1.12 bits per heavy atom. The fourth-order valence-corrected chi connectivity index (χ4v) is 4.90. The number of amides is 1. The number of aryl methyl sites for hydroxylation is 1. The highest BCUT2D eigenvalue weighted by atomic mass is 19.1. The van der Waals surface area contributed by atoms with E-state index in [1.165, 1.54) is 0 Å². The van der Waals surface area contributed by atoms with Gasteiger partial charge in [0.2, 0.25) is 5.88 Å². The lowest BCUT2D eigenvalue weighted by Gasteiger charge is -2.32. The van der Waals surface area contributed by atoms with Crippen LogP contribution in [0, 0.1) is 5.92 Å². The molecule has 0 radical (unpaired) electrons. The Morgan fingerprint density at radius 2 is 1.82 bits per heavy atom. The van der Waals surface area contributed by atoms with E-state index in [2.05, 4.69) is 15.3 Å². The van der Waals surface area contributed by atoms with Crippen molar-refractivity contribution in [2.75, 3.05) is 19.8 Å². The molecule has 1 atom stereocenters. The van der Waals surface area contributed by atoms with Crippen LogP contribution in [0.1, 0.15) is 59.9 Å². The van der Waals surface area contributed by atoms with Crippen molar-refractivity contribution < 1.29 is 34.1 Å². The lowest BCUT2D eigenvalue weighted by atomic mass is 9.92. The maximum atomic E-state index is 13.1. The minimum absolute atomic E-state index is 0.0324. The van der Waals surface area contributed by atoms with Gasteiger partial charge in [-0.2, -0.15) is 0 Å². The molecule has 3 heterocycles. The van der Waals surface area contributed by atoms with Gasteiger partial charge < -0.3 is 25.2 Å². The van der Waals surface area contributed by atoms with Crippen molar-refractivity contribution in [1.82, 2.24) is 29.4 Å². The van der Waals surface area contributed by atoms with Crippen LogP contribution in [0.3, 0.4) is 0 Å². The third-order valence-electron chi connectivity index (χ3n) is 7.08. The van der Waals surface area contributed by atoms with Gasteiger partial charge in [0.25, 0.3) is 5.91 Å². The van der Waals surface area contributed by atoms with Crippen LogP contribution in [-0.4, -0.2) is 82.4 Å². The molecular formula is C26H31FN6O7. The monoisotopic (exact) mass is 558 g/mol. The molecule has 1 amide bonds. The van der Waals surface area contributed by atoms with E-state index in [-0.39, 0.29) is 30.4 Å². The molecule has 3 aromatic rings. The lowest BCUT2D eigenvalue weighted by molar-refractivity contribution is -0.142. The number of nitrogens with zero attached hydrogens (tertiary/aromatic N) is 5. The highest BCUT2D eigenvalue weighted by Gasteiger charge is 2.30. The van der Waals surface area contributed by atoms with Crippen LogP contribution in [0.4, 0.5) is 4.39 Å². The molecule has 4 rings (SSSR count). The van der Waals surface area contributed by atoms with Crippen LogP contribution in [0.5, 0.6) is 5.88 Å². The van der Waals surface area contributed by atoms with Crippen molar-refractivity contribution in [3.05, 3.63) is 57.9 Å². The number of nitrogens with one attached hydrogen (secondary N) is 1. The van der Waals surface area contributed by atoms with E-state index in [0.717, 1.165) is 5.69 Å². The summed E-state index contributed by atoms with van der Waals surface area (Å²) >= 11 is 0. The van der Waals surface area contributed by atoms with Crippen molar-refractivity contribution in [1.29, 1.82) is 0 Å². The number of hydrogen-bond acceptors (Lipinski definition) is 7. The summed E-state index contributed by atoms with van der Waals surface area (Å²) in [6.45, 7) is 0.516. The second-order valence-corrected chi connectivity index (χ2v) is 9.82. The third kappa shape index (κ3) is 6.55. The van der Waals surface area contributed by atoms with Crippen molar-refractivity contribution in [3.8, 4) is 11.6 Å². The van der Waals surface area contributed by atoms with Gasteiger partial charge in [0.05, 0.1) is 29.9 Å². The fraction of sp³-hybridized carbons (Fsp3) is 0.462. The molecule has 1 saturated heterocycles. The topological polar surface area (TPSA) is 184 Å². The number of rotatable bonds is 12. The number of benzene rings is 1. The first-order valence-electron chi connectivity index (χ1n) is 13.0. The quantitative estimate of drug-likeness (QED) is 0.258. The zero-order valence-corrected chi connectivity index (χ0v) is 21.7. The summed E-state index contributed by atoms with van der Waals surface area (Å²) in [6, 6.07) is 5.44. The summed E-state index contributed by atoms with van der Waals surface area (Å²) in [4.78, 5) is 52.2. The predicted octanol–water partition coefficient (Wildman–Crippen LogP) is 1.95. The second kappa shape index (κ2) is 12.6. The minimum Gasteiger partial charge on any atom is -0.493 e. The van der Waals surface area contributed by atoms with Gasteiger partial charge in [-0.15, -0.1) is 5.10 Å². The summed E-state index contributed by atoms with van der Waals surface area (Å²) in [5, 5.41) is 37.0. The maximum absolute atomic E-state index is 13.1. The SMILES string of the molecule is O=C(O)CCC(C(=O)O)n1c(O)c(CC2CCN(C(=O)c3ccc(-n4cc(CCCF)nn4)cc3)CC2)[nH]c1=O. The van der Waals surface area contributed by atoms with E-state index in [1.807, 2.05) is 0 Å². The number of imidazole rings is 1. The minimum atomic E-state index is -1.51. The van der Waals surface area contributed by atoms with Gasteiger partial charge in [0.1, 0.15) is 6.04 Å². The fourth-order valence-electron chi connectivity index (χ4n) is 4.90. The molecule has 214 valence electrons.